The molecule has 0 amide bonds. The summed E-state index contributed by atoms with van der Waals surface area (Å²) in [5.41, 5.74) is 18.7. The first-order valence-electron chi connectivity index (χ1n) is 14.2. The van der Waals surface area contributed by atoms with E-state index in [9.17, 15) is 0 Å². The smallest absolute Gasteiger partial charge is 0.165 e. The number of pyridine rings is 1. The van der Waals surface area contributed by atoms with Crippen LogP contribution in [0, 0.1) is 25.2 Å². The third kappa shape index (κ3) is 4.16. The lowest BCUT2D eigenvalue weighted by molar-refractivity contribution is 0.0618. The average Bonchev–Trinajstić information content (AvgIpc) is 3.56. The third-order valence-electron chi connectivity index (χ3n) is 9.38. The zero-order valence-corrected chi connectivity index (χ0v) is 24.0. The summed E-state index contributed by atoms with van der Waals surface area (Å²) in [6.07, 6.45) is 7.60. The summed E-state index contributed by atoms with van der Waals surface area (Å²) in [5, 5.41) is 5.83. The van der Waals surface area contributed by atoms with Gasteiger partial charge < -0.3 is 5.73 Å². The number of fused-ring (bicyclic) bond motifs is 3. The van der Waals surface area contributed by atoms with Crippen molar-refractivity contribution >= 4 is 16.7 Å². The van der Waals surface area contributed by atoms with Crippen LogP contribution >= 0.6 is 0 Å². The van der Waals surface area contributed by atoms with Crippen LogP contribution in [0.5, 0.6) is 0 Å². The van der Waals surface area contributed by atoms with Gasteiger partial charge in [0.05, 0.1) is 11.4 Å². The molecule has 3 aromatic heterocycles. The van der Waals surface area contributed by atoms with E-state index in [-0.39, 0.29) is 5.54 Å². The van der Waals surface area contributed by atoms with Crippen molar-refractivity contribution in [3.8, 4) is 11.3 Å². The summed E-state index contributed by atoms with van der Waals surface area (Å²) in [5.74, 6) is 0.888. The molecule has 1 fully saturated rings. The number of hydrogen-bond donors (Lipinski definition) is 1. The Kier molecular flexibility index (Phi) is 5.80. The minimum Gasteiger partial charge on any atom is -0.321 e. The van der Waals surface area contributed by atoms with Crippen molar-refractivity contribution in [3.05, 3.63) is 70.1 Å². The average molecular weight is 508 g/mol. The van der Waals surface area contributed by atoms with Crippen molar-refractivity contribution in [2.75, 3.05) is 0 Å². The molecule has 2 unspecified atom stereocenters. The normalized spacial score (nSPS) is 19.6. The molecule has 2 N–H and O–H groups in total. The second-order valence-corrected chi connectivity index (χ2v) is 13.0. The first kappa shape index (κ1) is 25.2. The number of rotatable bonds is 7. The Hall–Kier alpha value is -3.05. The molecule has 4 aromatic rings. The number of hydrogen-bond acceptors (Lipinski definition) is 4. The van der Waals surface area contributed by atoms with Crippen LogP contribution in [0.1, 0.15) is 95.0 Å². The van der Waals surface area contributed by atoms with E-state index in [2.05, 4.69) is 71.9 Å². The van der Waals surface area contributed by atoms with Crippen LogP contribution in [-0.4, -0.2) is 19.6 Å². The highest BCUT2D eigenvalue weighted by atomic mass is 15.3. The fraction of sp³-hybridized carbons (Fsp3) is 0.485. The largest absolute Gasteiger partial charge is 0.321 e. The zero-order chi connectivity index (χ0) is 27.0. The van der Waals surface area contributed by atoms with E-state index in [1.54, 1.807) is 11.1 Å². The fourth-order valence-corrected chi connectivity index (χ4v) is 6.90. The maximum absolute atomic E-state index is 6.80. The molecule has 2 atom stereocenters. The molecule has 1 saturated carbocycles. The van der Waals surface area contributed by atoms with Gasteiger partial charge in [-0.3, -0.25) is 0 Å². The monoisotopic (exact) mass is 507 g/mol. The van der Waals surface area contributed by atoms with E-state index in [0.29, 0.717) is 17.3 Å². The second-order valence-electron chi connectivity index (χ2n) is 13.0. The summed E-state index contributed by atoms with van der Waals surface area (Å²) in [6.45, 7) is 15.7. The number of allylic oxidation sites excluding steroid dienone is 2. The molecule has 6 rings (SSSR count). The molecule has 2 aliphatic rings. The van der Waals surface area contributed by atoms with Gasteiger partial charge in [-0.1, -0.05) is 70.0 Å². The van der Waals surface area contributed by atoms with Gasteiger partial charge >= 0.3 is 0 Å². The lowest BCUT2D eigenvalue weighted by Gasteiger charge is -2.51. The summed E-state index contributed by atoms with van der Waals surface area (Å²) < 4.78 is 1.92. The first-order valence-corrected chi connectivity index (χ1v) is 14.2. The molecule has 0 spiro atoms. The number of aryl methyl sites for hydroxylation is 2. The number of nitrogens with zero attached hydrogens (tertiary/aromatic N) is 4. The second kappa shape index (κ2) is 8.74. The van der Waals surface area contributed by atoms with Crippen molar-refractivity contribution in [1.82, 2.24) is 19.6 Å². The molecule has 0 aliphatic heterocycles. The molecule has 2 aliphatic carbocycles. The zero-order valence-electron chi connectivity index (χ0n) is 24.0. The summed E-state index contributed by atoms with van der Waals surface area (Å²) in [6, 6.07) is 11.2. The number of nitrogens with two attached hydrogens (primary N) is 1. The van der Waals surface area contributed by atoms with Gasteiger partial charge in [-0.2, -0.15) is 9.61 Å². The summed E-state index contributed by atoms with van der Waals surface area (Å²) in [4.78, 5) is 10.1. The highest BCUT2D eigenvalue weighted by Gasteiger charge is 2.47. The van der Waals surface area contributed by atoms with Crippen LogP contribution in [0.4, 0.5) is 0 Å². The van der Waals surface area contributed by atoms with E-state index in [0.717, 1.165) is 52.0 Å². The van der Waals surface area contributed by atoms with Crippen molar-refractivity contribution in [2.24, 2.45) is 17.1 Å². The molecule has 0 saturated heterocycles. The Morgan fingerprint density at radius 2 is 1.74 bits per heavy atom. The Labute approximate surface area is 226 Å². The van der Waals surface area contributed by atoms with Gasteiger partial charge in [0.1, 0.15) is 0 Å². The third-order valence-corrected chi connectivity index (χ3v) is 9.38. The first-order chi connectivity index (χ1) is 18.0. The molecule has 1 aromatic carbocycles. The highest BCUT2D eigenvalue weighted by molar-refractivity contribution is 5.82. The quantitative estimate of drug-likeness (QED) is 0.259. The van der Waals surface area contributed by atoms with Crippen LogP contribution in [-0.2, 0) is 5.54 Å². The van der Waals surface area contributed by atoms with Gasteiger partial charge in [0, 0.05) is 28.2 Å². The fourth-order valence-electron chi connectivity index (χ4n) is 6.90. The standard InChI is InChI=1S/C33H41N5/c1-8-23-14-25(23)13-19(2)20(3)28-15-26-16-35-30-21(4)22(5)37-38(30)31(26)36-29(28)24-9-11-27(12-10-24)33(34)17-32(6,7)18-33/h9-12,15-16,19-20H,8,13-14,17-18,34H2,1-7H3. The molecule has 3 heterocycles. The van der Waals surface area contributed by atoms with Crippen LogP contribution in [0.25, 0.3) is 27.9 Å². The lowest BCUT2D eigenvalue weighted by Crippen LogP contribution is -2.53. The van der Waals surface area contributed by atoms with Crippen LogP contribution < -0.4 is 5.73 Å². The summed E-state index contributed by atoms with van der Waals surface area (Å²) >= 11 is 0. The topological polar surface area (TPSA) is 69.1 Å². The molecule has 5 heteroatoms. The predicted molar refractivity (Wildman–Crippen MR) is 156 cm³/mol. The van der Waals surface area contributed by atoms with Crippen LogP contribution in [0.3, 0.4) is 0 Å². The molecule has 38 heavy (non-hydrogen) atoms. The molecule has 198 valence electrons. The van der Waals surface area contributed by atoms with E-state index in [1.165, 1.54) is 30.4 Å². The molecule has 0 radical (unpaired) electrons. The van der Waals surface area contributed by atoms with Gasteiger partial charge in [-0.05, 0) is 80.4 Å². The predicted octanol–water partition coefficient (Wildman–Crippen LogP) is 7.78. The van der Waals surface area contributed by atoms with Crippen LogP contribution in [0.15, 0.2) is 47.7 Å². The molecule has 0 bridgehead atoms. The van der Waals surface area contributed by atoms with Crippen molar-refractivity contribution in [2.45, 2.75) is 92.0 Å². The maximum Gasteiger partial charge on any atom is 0.165 e. The number of benzene rings is 1. The van der Waals surface area contributed by atoms with Gasteiger partial charge in [0.2, 0.25) is 0 Å². The number of aromatic nitrogens is 4. The Balaban J connectivity index is 1.45. The van der Waals surface area contributed by atoms with Gasteiger partial charge in [0.15, 0.2) is 11.3 Å². The van der Waals surface area contributed by atoms with Gasteiger partial charge in [-0.25, -0.2) is 9.97 Å². The van der Waals surface area contributed by atoms with Crippen molar-refractivity contribution in [3.63, 3.8) is 0 Å². The van der Waals surface area contributed by atoms with Crippen molar-refractivity contribution < 1.29 is 0 Å². The molecular formula is C33H41N5. The Morgan fingerprint density at radius 3 is 2.37 bits per heavy atom. The van der Waals surface area contributed by atoms with E-state index < -0.39 is 0 Å². The SMILES string of the molecule is CCC1=C(CC(C)C(C)c2cc3cnc4c(C)c(C)nn4c3nc2-c2ccc(C3(N)CC(C)(C)C3)cc2)C1. The summed E-state index contributed by atoms with van der Waals surface area (Å²) in [7, 11) is 0. The van der Waals surface area contributed by atoms with E-state index in [1.807, 2.05) is 17.6 Å². The lowest BCUT2D eigenvalue weighted by atomic mass is 9.57. The van der Waals surface area contributed by atoms with Gasteiger partial charge in [0.25, 0.3) is 0 Å². The van der Waals surface area contributed by atoms with Gasteiger partial charge in [-0.15, -0.1) is 0 Å². The van der Waals surface area contributed by atoms with E-state index in [4.69, 9.17) is 20.8 Å². The maximum atomic E-state index is 6.80. The van der Waals surface area contributed by atoms with Crippen molar-refractivity contribution in [1.29, 1.82) is 0 Å². The minimum atomic E-state index is -0.222. The Bertz CT molecular complexity index is 1580. The van der Waals surface area contributed by atoms with Crippen LogP contribution in [0.2, 0.25) is 0 Å². The Morgan fingerprint density at radius 1 is 1.03 bits per heavy atom. The molecule has 5 nitrogen and oxygen atoms in total. The minimum absolute atomic E-state index is 0.222. The van der Waals surface area contributed by atoms with E-state index >= 15 is 0 Å². The highest BCUT2D eigenvalue weighted by Crippen LogP contribution is 2.52. The molecular weight excluding hydrogens is 466 g/mol.